The van der Waals surface area contributed by atoms with Crippen molar-refractivity contribution in [2.75, 3.05) is 37.1 Å². The maximum absolute atomic E-state index is 12.6. The van der Waals surface area contributed by atoms with E-state index in [1.54, 1.807) is 49.5 Å². The standard InChI is InChI=1S/C19H17N3O5/c1-21-10-18(24)22(14-5-3-2-4-13(14)19(21)25)9-17(23)20-12-6-7-15-16(8-12)27-11-26-15/h2-8H,9-11H2,1H3,(H,20,23). The first-order chi connectivity index (χ1) is 13.0. The van der Waals surface area contributed by atoms with Gasteiger partial charge in [-0.2, -0.15) is 0 Å². The summed E-state index contributed by atoms with van der Waals surface area (Å²) >= 11 is 0. The Bertz CT molecular complexity index is 943. The van der Waals surface area contributed by atoms with E-state index < -0.39 is 0 Å². The van der Waals surface area contributed by atoms with Crippen molar-refractivity contribution in [3.8, 4) is 11.5 Å². The number of carbonyl (C=O) groups excluding carboxylic acids is 3. The van der Waals surface area contributed by atoms with Crippen LogP contribution in [0.25, 0.3) is 0 Å². The minimum Gasteiger partial charge on any atom is -0.454 e. The van der Waals surface area contributed by atoms with Gasteiger partial charge in [0.25, 0.3) is 5.91 Å². The predicted octanol–water partition coefficient (Wildman–Crippen LogP) is 1.47. The average molecular weight is 367 g/mol. The molecular formula is C19H17N3O5. The highest BCUT2D eigenvalue weighted by Crippen LogP contribution is 2.34. The average Bonchev–Trinajstić information content (AvgIpc) is 3.10. The molecule has 0 unspecified atom stereocenters. The molecule has 8 nitrogen and oxygen atoms in total. The second-order valence-corrected chi connectivity index (χ2v) is 6.27. The Labute approximate surface area is 155 Å². The molecule has 3 amide bonds. The number of hydrogen-bond acceptors (Lipinski definition) is 5. The predicted molar refractivity (Wildman–Crippen MR) is 97.0 cm³/mol. The summed E-state index contributed by atoms with van der Waals surface area (Å²) in [6.07, 6.45) is 0. The van der Waals surface area contributed by atoms with Crippen LogP contribution in [0.1, 0.15) is 10.4 Å². The number of rotatable bonds is 3. The van der Waals surface area contributed by atoms with Gasteiger partial charge >= 0.3 is 0 Å². The van der Waals surface area contributed by atoms with Gasteiger partial charge in [-0.1, -0.05) is 12.1 Å². The largest absolute Gasteiger partial charge is 0.454 e. The van der Waals surface area contributed by atoms with Crippen molar-refractivity contribution in [1.29, 1.82) is 0 Å². The molecule has 0 spiro atoms. The van der Waals surface area contributed by atoms with Gasteiger partial charge in [0, 0.05) is 18.8 Å². The summed E-state index contributed by atoms with van der Waals surface area (Å²) in [6.45, 7) is -0.149. The van der Waals surface area contributed by atoms with Gasteiger partial charge in [0.15, 0.2) is 11.5 Å². The zero-order valence-corrected chi connectivity index (χ0v) is 14.6. The summed E-state index contributed by atoms with van der Waals surface area (Å²) in [4.78, 5) is 40.2. The lowest BCUT2D eigenvalue weighted by atomic mass is 10.1. The lowest BCUT2D eigenvalue weighted by molar-refractivity contribution is -0.121. The van der Waals surface area contributed by atoms with Gasteiger partial charge in [0.05, 0.1) is 11.3 Å². The smallest absolute Gasteiger partial charge is 0.256 e. The van der Waals surface area contributed by atoms with Crippen molar-refractivity contribution in [2.24, 2.45) is 0 Å². The molecule has 2 heterocycles. The number of hydrogen-bond donors (Lipinski definition) is 1. The topological polar surface area (TPSA) is 88.2 Å². The third-order valence-electron chi connectivity index (χ3n) is 4.40. The highest BCUT2D eigenvalue weighted by Gasteiger charge is 2.30. The quantitative estimate of drug-likeness (QED) is 0.888. The fourth-order valence-corrected chi connectivity index (χ4v) is 3.08. The summed E-state index contributed by atoms with van der Waals surface area (Å²) in [5.74, 6) is 0.214. The van der Waals surface area contributed by atoms with Crippen LogP contribution in [0.15, 0.2) is 42.5 Å². The van der Waals surface area contributed by atoms with Gasteiger partial charge in [-0.3, -0.25) is 14.4 Å². The van der Waals surface area contributed by atoms with E-state index in [1.807, 2.05) is 0 Å². The second-order valence-electron chi connectivity index (χ2n) is 6.27. The van der Waals surface area contributed by atoms with Gasteiger partial charge in [0.1, 0.15) is 13.1 Å². The van der Waals surface area contributed by atoms with Crippen molar-refractivity contribution in [3.63, 3.8) is 0 Å². The number of likely N-dealkylation sites (N-methyl/N-ethyl adjacent to an activating group) is 1. The number of fused-ring (bicyclic) bond motifs is 2. The maximum atomic E-state index is 12.6. The van der Waals surface area contributed by atoms with Crippen molar-refractivity contribution in [2.45, 2.75) is 0 Å². The van der Waals surface area contributed by atoms with Gasteiger partial charge in [0.2, 0.25) is 18.6 Å². The molecule has 2 aliphatic rings. The molecule has 2 aromatic rings. The minimum absolute atomic E-state index is 0.0924. The molecule has 0 atom stereocenters. The number of para-hydroxylation sites is 1. The Kier molecular flexibility index (Phi) is 4.15. The lowest BCUT2D eigenvalue weighted by Gasteiger charge is -2.21. The highest BCUT2D eigenvalue weighted by atomic mass is 16.7. The zero-order chi connectivity index (χ0) is 19.0. The molecular weight excluding hydrogens is 350 g/mol. The van der Waals surface area contributed by atoms with Crippen LogP contribution in [0.5, 0.6) is 11.5 Å². The Morgan fingerprint density at radius 3 is 2.74 bits per heavy atom. The van der Waals surface area contributed by atoms with Crippen molar-refractivity contribution < 1.29 is 23.9 Å². The molecule has 0 saturated carbocycles. The van der Waals surface area contributed by atoms with E-state index in [4.69, 9.17) is 9.47 Å². The molecule has 0 fully saturated rings. The van der Waals surface area contributed by atoms with Crippen molar-refractivity contribution >= 4 is 29.1 Å². The fourth-order valence-electron chi connectivity index (χ4n) is 3.08. The summed E-state index contributed by atoms with van der Waals surface area (Å²) < 4.78 is 10.5. The number of amides is 3. The zero-order valence-electron chi connectivity index (χ0n) is 14.6. The molecule has 0 bridgehead atoms. The summed E-state index contributed by atoms with van der Waals surface area (Å²) in [5, 5.41) is 2.75. The van der Waals surface area contributed by atoms with Crippen molar-refractivity contribution in [3.05, 3.63) is 48.0 Å². The molecule has 27 heavy (non-hydrogen) atoms. The number of nitrogens with zero attached hydrogens (tertiary/aromatic N) is 2. The number of anilines is 2. The van der Waals surface area contributed by atoms with Crippen LogP contribution in [-0.4, -0.2) is 49.6 Å². The maximum Gasteiger partial charge on any atom is 0.256 e. The number of nitrogens with one attached hydrogen (secondary N) is 1. The van der Waals surface area contributed by atoms with Gasteiger partial charge in [-0.05, 0) is 24.3 Å². The summed E-state index contributed by atoms with van der Waals surface area (Å²) in [5.41, 5.74) is 1.35. The first-order valence-corrected chi connectivity index (χ1v) is 8.37. The molecule has 0 saturated heterocycles. The molecule has 0 aliphatic carbocycles. The summed E-state index contributed by atoms with van der Waals surface area (Å²) in [7, 11) is 1.56. The van der Waals surface area contributed by atoms with E-state index >= 15 is 0 Å². The van der Waals surface area contributed by atoms with Crippen LogP contribution in [0.3, 0.4) is 0 Å². The third-order valence-corrected chi connectivity index (χ3v) is 4.40. The van der Waals surface area contributed by atoms with Crippen LogP contribution >= 0.6 is 0 Å². The van der Waals surface area contributed by atoms with E-state index in [-0.39, 0.29) is 37.6 Å². The molecule has 0 radical (unpaired) electrons. The molecule has 2 aliphatic heterocycles. The molecule has 0 aromatic heterocycles. The Morgan fingerprint density at radius 1 is 1.11 bits per heavy atom. The Balaban J connectivity index is 1.55. The van der Waals surface area contributed by atoms with E-state index in [2.05, 4.69) is 5.32 Å². The molecule has 138 valence electrons. The third kappa shape index (κ3) is 3.17. The first kappa shape index (κ1) is 16.9. The molecule has 2 aromatic carbocycles. The van der Waals surface area contributed by atoms with E-state index in [9.17, 15) is 14.4 Å². The molecule has 4 rings (SSSR count). The number of benzene rings is 2. The second kappa shape index (κ2) is 6.64. The fraction of sp³-hybridized carbons (Fsp3) is 0.211. The Morgan fingerprint density at radius 2 is 1.89 bits per heavy atom. The monoisotopic (exact) mass is 367 g/mol. The normalized spacial score (nSPS) is 15.4. The first-order valence-electron chi connectivity index (χ1n) is 8.37. The van der Waals surface area contributed by atoms with Crippen LogP contribution in [0, 0.1) is 0 Å². The van der Waals surface area contributed by atoms with E-state index in [0.717, 1.165) is 0 Å². The summed E-state index contributed by atoms with van der Waals surface area (Å²) in [6, 6.07) is 11.8. The van der Waals surface area contributed by atoms with Crippen LogP contribution < -0.4 is 19.7 Å². The molecule has 8 heteroatoms. The minimum atomic E-state index is -0.381. The lowest BCUT2D eigenvalue weighted by Crippen LogP contribution is -2.41. The van der Waals surface area contributed by atoms with E-state index in [1.165, 1.54) is 9.80 Å². The molecule has 1 N–H and O–H groups in total. The van der Waals surface area contributed by atoms with Crippen LogP contribution in [-0.2, 0) is 9.59 Å². The van der Waals surface area contributed by atoms with Gasteiger partial charge in [-0.15, -0.1) is 0 Å². The van der Waals surface area contributed by atoms with E-state index in [0.29, 0.717) is 28.4 Å². The van der Waals surface area contributed by atoms with Gasteiger partial charge < -0.3 is 24.6 Å². The number of ether oxygens (including phenoxy) is 2. The SMILES string of the molecule is CN1CC(=O)N(CC(=O)Nc2ccc3c(c2)OCO3)c2ccccc2C1=O. The van der Waals surface area contributed by atoms with Gasteiger partial charge in [-0.25, -0.2) is 0 Å². The van der Waals surface area contributed by atoms with Crippen LogP contribution in [0.4, 0.5) is 11.4 Å². The Hall–Kier alpha value is -3.55. The number of carbonyl (C=O) groups is 3. The highest BCUT2D eigenvalue weighted by molar-refractivity contribution is 6.12. The van der Waals surface area contributed by atoms with Crippen molar-refractivity contribution in [1.82, 2.24) is 4.90 Å². The van der Waals surface area contributed by atoms with Crippen LogP contribution in [0.2, 0.25) is 0 Å².